The average molecular weight is 246 g/mol. The number of aromatic carboxylic acids is 1. The van der Waals surface area contributed by atoms with Gasteiger partial charge in [-0.15, -0.1) is 0 Å². The van der Waals surface area contributed by atoms with Gasteiger partial charge in [-0.1, -0.05) is 18.2 Å². The third-order valence-electron chi connectivity index (χ3n) is 2.55. The minimum atomic E-state index is -1.09. The molecule has 1 aromatic heterocycles. The summed E-state index contributed by atoms with van der Waals surface area (Å²) in [5.74, 6) is -1.35. The van der Waals surface area contributed by atoms with Gasteiger partial charge in [-0.3, -0.25) is 0 Å². The Kier molecular flexibility index (Phi) is 3.62. The molecule has 0 aliphatic rings. The molecule has 0 spiro atoms. The van der Waals surface area contributed by atoms with Gasteiger partial charge in [-0.05, 0) is 30.5 Å². The lowest BCUT2D eigenvalue weighted by molar-refractivity contribution is 0.0690. The molecule has 4 nitrogen and oxygen atoms in total. The molecule has 1 heterocycles. The summed E-state index contributed by atoms with van der Waals surface area (Å²) in [5.41, 5.74) is 1.13. The molecule has 0 aliphatic heterocycles. The Bertz CT molecular complexity index is 572. The molecule has 0 saturated carbocycles. The zero-order chi connectivity index (χ0) is 13.0. The first-order chi connectivity index (χ1) is 8.66. The van der Waals surface area contributed by atoms with Gasteiger partial charge in [0.15, 0.2) is 5.69 Å². The van der Waals surface area contributed by atoms with Crippen LogP contribution in [0.3, 0.4) is 0 Å². The number of nitrogens with zero attached hydrogens (tertiary/aromatic N) is 2. The molecule has 5 heteroatoms. The molecule has 2 rings (SSSR count). The summed E-state index contributed by atoms with van der Waals surface area (Å²) in [6, 6.07) is 7.91. The van der Waals surface area contributed by atoms with Crippen LogP contribution < -0.4 is 0 Å². The van der Waals surface area contributed by atoms with Crippen LogP contribution in [0.1, 0.15) is 21.7 Å². The fourth-order valence-electron chi connectivity index (χ4n) is 1.62. The highest BCUT2D eigenvalue weighted by Gasteiger charge is 2.07. The van der Waals surface area contributed by atoms with Crippen molar-refractivity contribution in [3.8, 4) is 0 Å². The van der Waals surface area contributed by atoms with Crippen molar-refractivity contribution >= 4 is 5.97 Å². The van der Waals surface area contributed by atoms with E-state index in [9.17, 15) is 9.18 Å². The SMILES string of the molecule is O=C(O)c1cc(CCc2ccccc2F)ncn1. The first-order valence-electron chi connectivity index (χ1n) is 5.44. The molecular formula is C13H11FN2O2. The maximum absolute atomic E-state index is 13.4. The van der Waals surface area contributed by atoms with Crippen LogP contribution in [0.25, 0.3) is 0 Å². The van der Waals surface area contributed by atoms with Gasteiger partial charge in [0.25, 0.3) is 0 Å². The van der Waals surface area contributed by atoms with E-state index in [1.807, 2.05) is 0 Å². The molecule has 18 heavy (non-hydrogen) atoms. The smallest absolute Gasteiger partial charge is 0.354 e. The Morgan fingerprint density at radius 2 is 2.00 bits per heavy atom. The number of rotatable bonds is 4. The van der Waals surface area contributed by atoms with Gasteiger partial charge >= 0.3 is 5.97 Å². The van der Waals surface area contributed by atoms with E-state index in [0.29, 0.717) is 24.1 Å². The highest BCUT2D eigenvalue weighted by atomic mass is 19.1. The zero-order valence-electron chi connectivity index (χ0n) is 9.51. The Morgan fingerprint density at radius 3 is 2.72 bits per heavy atom. The Hall–Kier alpha value is -2.30. The van der Waals surface area contributed by atoms with Crippen LogP contribution in [0.2, 0.25) is 0 Å². The summed E-state index contributed by atoms with van der Waals surface area (Å²) in [5, 5.41) is 8.79. The zero-order valence-corrected chi connectivity index (χ0v) is 9.51. The summed E-state index contributed by atoms with van der Waals surface area (Å²) < 4.78 is 13.4. The van der Waals surface area contributed by atoms with Crippen molar-refractivity contribution in [3.63, 3.8) is 0 Å². The van der Waals surface area contributed by atoms with Gasteiger partial charge in [0.1, 0.15) is 12.1 Å². The molecule has 2 aromatic rings. The Labute approximate surface area is 103 Å². The van der Waals surface area contributed by atoms with Crippen LogP contribution >= 0.6 is 0 Å². The van der Waals surface area contributed by atoms with Gasteiger partial charge in [0.2, 0.25) is 0 Å². The molecule has 0 aliphatic carbocycles. The number of carboxylic acid groups (broad SMARTS) is 1. The number of aromatic nitrogens is 2. The van der Waals surface area contributed by atoms with Crippen LogP contribution in [0.4, 0.5) is 4.39 Å². The summed E-state index contributed by atoms with van der Waals surface area (Å²) in [7, 11) is 0. The number of carbonyl (C=O) groups is 1. The minimum Gasteiger partial charge on any atom is -0.477 e. The second-order valence-corrected chi connectivity index (χ2v) is 3.79. The van der Waals surface area contributed by atoms with Gasteiger partial charge < -0.3 is 5.11 Å². The van der Waals surface area contributed by atoms with E-state index in [-0.39, 0.29) is 11.5 Å². The monoisotopic (exact) mass is 246 g/mol. The fourth-order valence-corrected chi connectivity index (χ4v) is 1.62. The average Bonchev–Trinajstić information content (AvgIpc) is 2.38. The Balaban J connectivity index is 2.09. The lowest BCUT2D eigenvalue weighted by atomic mass is 10.1. The third-order valence-corrected chi connectivity index (χ3v) is 2.55. The largest absolute Gasteiger partial charge is 0.477 e. The molecule has 1 aromatic carbocycles. The van der Waals surface area contributed by atoms with E-state index in [1.165, 1.54) is 18.5 Å². The second kappa shape index (κ2) is 5.35. The number of hydrogen-bond acceptors (Lipinski definition) is 3. The molecule has 0 fully saturated rings. The second-order valence-electron chi connectivity index (χ2n) is 3.79. The Morgan fingerprint density at radius 1 is 1.22 bits per heavy atom. The van der Waals surface area contributed by atoms with Gasteiger partial charge in [0, 0.05) is 5.69 Å². The fraction of sp³-hybridized carbons (Fsp3) is 0.154. The maximum atomic E-state index is 13.4. The predicted molar refractivity (Wildman–Crippen MR) is 62.8 cm³/mol. The van der Waals surface area contributed by atoms with Crippen LogP contribution in [0, 0.1) is 5.82 Å². The van der Waals surface area contributed by atoms with Crippen LogP contribution in [-0.2, 0) is 12.8 Å². The maximum Gasteiger partial charge on any atom is 0.354 e. The van der Waals surface area contributed by atoms with Crippen molar-refractivity contribution in [2.45, 2.75) is 12.8 Å². The van der Waals surface area contributed by atoms with Gasteiger partial charge in [-0.25, -0.2) is 19.2 Å². The van der Waals surface area contributed by atoms with E-state index in [1.54, 1.807) is 18.2 Å². The van der Waals surface area contributed by atoms with Crippen molar-refractivity contribution in [1.29, 1.82) is 0 Å². The number of benzene rings is 1. The van der Waals surface area contributed by atoms with E-state index in [0.717, 1.165) is 0 Å². The standard InChI is InChI=1S/C13H11FN2O2/c14-11-4-2-1-3-9(11)5-6-10-7-12(13(17)18)16-8-15-10/h1-4,7-8H,5-6H2,(H,17,18). The first kappa shape index (κ1) is 12.2. The van der Waals surface area contributed by atoms with E-state index in [2.05, 4.69) is 9.97 Å². The quantitative estimate of drug-likeness (QED) is 0.897. The summed E-state index contributed by atoms with van der Waals surface area (Å²) in [6.45, 7) is 0. The topological polar surface area (TPSA) is 63.1 Å². The molecule has 0 bridgehead atoms. The number of carboxylic acids is 1. The highest BCUT2D eigenvalue weighted by molar-refractivity contribution is 5.85. The lowest BCUT2D eigenvalue weighted by Gasteiger charge is -2.03. The molecule has 92 valence electrons. The van der Waals surface area contributed by atoms with Gasteiger partial charge in [-0.2, -0.15) is 0 Å². The van der Waals surface area contributed by atoms with Crippen molar-refractivity contribution in [2.24, 2.45) is 0 Å². The molecule has 1 N–H and O–H groups in total. The number of hydrogen-bond donors (Lipinski definition) is 1. The molecule has 0 unspecified atom stereocenters. The van der Waals surface area contributed by atoms with Crippen molar-refractivity contribution in [2.75, 3.05) is 0 Å². The van der Waals surface area contributed by atoms with Crippen LogP contribution in [0.15, 0.2) is 36.7 Å². The van der Waals surface area contributed by atoms with Crippen molar-refractivity contribution in [3.05, 3.63) is 59.4 Å². The van der Waals surface area contributed by atoms with Crippen LogP contribution in [-0.4, -0.2) is 21.0 Å². The molecule has 0 radical (unpaired) electrons. The molecule has 0 atom stereocenters. The number of halogens is 1. The van der Waals surface area contributed by atoms with Crippen LogP contribution in [0.5, 0.6) is 0 Å². The highest BCUT2D eigenvalue weighted by Crippen LogP contribution is 2.10. The van der Waals surface area contributed by atoms with E-state index >= 15 is 0 Å². The number of aryl methyl sites for hydroxylation is 2. The van der Waals surface area contributed by atoms with Gasteiger partial charge in [0.05, 0.1) is 0 Å². The van der Waals surface area contributed by atoms with Crippen molar-refractivity contribution < 1.29 is 14.3 Å². The minimum absolute atomic E-state index is 0.0477. The predicted octanol–water partition coefficient (Wildman–Crippen LogP) is 2.10. The summed E-state index contributed by atoms with van der Waals surface area (Å²) in [4.78, 5) is 18.3. The molecule has 0 amide bonds. The molecular weight excluding hydrogens is 235 g/mol. The summed E-state index contributed by atoms with van der Waals surface area (Å²) in [6.07, 6.45) is 2.16. The van der Waals surface area contributed by atoms with E-state index in [4.69, 9.17) is 5.11 Å². The normalized spacial score (nSPS) is 10.3. The third kappa shape index (κ3) is 2.88. The van der Waals surface area contributed by atoms with Crippen molar-refractivity contribution in [1.82, 2.24) is 9.97 Å². The first-order valence-corrected chi connectivity index (χ1v) is 5.44. The van der Waals surface area contributed by atoms with E-state index < -0.39 is 5.97 Å². The summed E-state index contributed by atoms with van der Waals surface area (Å²) >= 11 is 0. The molecule has 0 saturated heterocycles. The lowest BCUT2D eigenvalue weighted by Crippen LogP contribution is -2.04.